The number of H-pyrrole nitrogens is 1. The number of nitrogens with two attached hydrogens (primary N) is 1. The van der Waals surface area contributed by atoms with Crippen molar-refractivity contribution in [1.82, 2.24) is 9.97 Å². The molecule has 366 valence electrons. The second-order valence-corrected chi connectivity index (χ2v) is 17.3. The van der Waals surface area contributed by atoms with Crippen LogP contribution in [0.1, 0.15) is 225 Å². The Morgan fingerprint density at radius 3 is 1.42 bits per heavy atom. The zero-order valence-electron chi connectivity index (χ0n) is 40.3. The molecule has 1 unspecified atom stereocenters. The van der Waals surface area contributed by atoms with Gasteiger partial charge in [0.2, 0.25) is 0 Å². The Kier molecular flexibility index (Phi) is 39.2. The first-order valence-corrected chi connectivity index (χ1v) is 25.5. The van der Waals surface area contributed by atoms with Crippen molar-refractivity contribution < 1.29 is 42.9 Å². The van der Waals surface area contributed by atoms with Crippen molar-refractivity contribution in [3.8, 4) is 0 Å². The summed E-state index contributed by atoms with van der Waals surface area (Å²) in [6.45, 7) is 3.99. The van der Waals surface area contributed by atoms with Crippen LogP contribution in [0, 0.1) is 0 Å². The lowest BCUT2D eigenvalue weighted by atomic mass is 10.0. The summed E-state index contributed by atoms with van der Waals surface area (Å²) in [5, 5.41) is 0. The molecule has 0 saturated heterocycles. The highest BCUT2D eigenvalue weighted by Crippen LogP contribution is 2.14. The van der Waals surface area contributed by atoms with Crippen LogP contribution in [0.2, 0.25) is 0 Å². The van der Waals surface area contributed by atoms with E-state index in [1.165, 1.54) is 89.8 Å². The molecule has 1 rings (SSSR count). The van der Waals surface area contributed by atoms with Gasteiger partial charge in [-0.1, -0.05) is 141 Å². The van der Waals surface area contributed by atoms with Crippen molar-refractivity contribution in [2.75, 3.05) is 19.8 Å². The van der Waals surface area contributed by atoms with Crippen LogP contribution in [-0.4, -0.2) is 71.6 Å². The molecule has 0 fully saturated rings. The van der Waals surface area contributed by atoms with Crippen LogP contribution in [0.15, 0.2) is 36.8 Å². The number of ether oxygens (including phenoxy) is 4. The van der Waals surface area contributed by atoms with Crippen molar-refractivity contribution >= 4 is 29.7 Å². The SMILES string of the molecule is CCCCCCCC/C=C\CCCCCCCC(=O)OC[C@@H](COC(=O)CCC(=O)OCCCC(=O)C(N)Cc1cnc[nH]1)OC(=O)CCCCCCC/C=C\CCCCCCCC. The molecule has 0 radical (unpaired) electrons. The van der Waals surface area contributed by atoms with Crippen LogP contribution in [0.4, 0.5) is 0 Å². The number of nitrogens with zero attached hydrogens (tertiary/aromatic N) is 1. The number of hydrogen-bond donors (Lipinski definition) is 2. The number of rotatable bonds is 45. The molecule has 12 heteroatoms. The average molecular weight is 900 g/mol. The van der Waals surface area contributed by atoms with E-state index in [9.17, 15) is 24.0 Å². The molecule has 0 aliphatic rings. The third-order valence-corrected chi connectivity index (χ3v) is 11.2. The van der Waals surface area contributed by atoms with Crippen LogP contribution in [-0.2, 0) is 49.3 Å². The fraction of sp³-hybridized carbons (Fsp3) is 0.769. The molecule has 0 amide bonds. The number of aromatic nitrogens is 2. The topological polar surface area (TPSA) is 177 Å². The molecule has 1 aromatic heterocycles. The number of unbranched alkanes of at least 4 members (excludes halogenated alkanes) is 22. The minimum absolute atomic E-state index is 0.0213. The molecule has 0 spiro atoms. The standard InChI is InChI=1S/C52H89N3O9/c1-3-5-7-9-11-13-15-17-19-21-23-25-27-29-31-35-49(57)62-42-46(64-52(60)36-32-30-28-26-24-22-20-18-16-14-12-10-8-6-4-2)43-63-51(59)38-37-50(58)61-39-33-34-48(56)47(53)40-45-41-54-44-55-45/h17-20,41,44,46-47H,3-16,21-40,42-43,53H2,1-2H3,(H,54,55)/b19-17-,20-18-/t46-,47?/m0/s1. The molecule has 1 heterocycles. The lowest BCUT2D eigenvalue weighted by molar-refractivity contribution is -0.167. The van der Waals surface area contributed by atoms with Gasteiger partial charge in [0.05, 0.1) is 31.8 Å². The third kappa shape index (κ3) is 37.6. The van der Waals surface area contributed by atoms with Crippen LogP contribution >= 0.6 is 0 Å². The zero-order valence-corrected chi connectivity index (χ0v) is 40.3. The number of carbonyl (C=O) groups excluding carboxylic acids is 5. The van der Waals surface area contributed by atoms with Gasteiger partial charge in [0.1, 0.15) is 19.0 Å². The summed E-state index contributed by atoms with van der Waals surface area (Å²) in [7, 11) is 0. The normalized spacial score (nSPS) is 12.4. The molecule has 0 saturated carbocycles. The van der Waals surface area contributed by atoms with Crippen LogP contribution < -0.4 is 5.73 Å². The van der Waals surface area contributed by atoms with Gasteiger partial charge in [-0.2, -0.15) is 0 Å². The van der Waals surface area contributed by atoms with E-state index in [0.29, 0.717) is 25.7 Å². The van der Waals surface area contributed by atoms with E-state index in [1.807, 2.05) is 0 Å². The molecule has 0 aliphatic heterocycles. The van der Waals surface area contributed by atoms with Gasteiger partial charge in [-0.3, -0.25) is 24.0 Å². The number of nitrogens with one attached hydrogen (secondary N) is 1. The lowest BCUT2D eigenvalue weighted by Crippen LogP contribution is -2.32. The monoisotopic (exact) mass is 900 g/mol. The molecular formula is C52H89N3O9. The van der Waals surface area contributed by atoms with Gasteiger partial charge in [-0.25, -0.2) is 4.98 Å². The molecule has 64 heavy (non-hydrogen) atoms. The summed E-state index contributed by atoms with van der Waals surface area (Å²) in [5.41, 5.74) is 6.73. The van der Waals surface area contributed by atoms with Crippen molar-refractivity contribution in [3.05, 3.63) is 42.5 Å². The number of Topliss-reactive ketones (excluding diaryl/α,β-unsaturated/α-hetero) is 1. The Morgan fingerprint density at radius 1 is 0.531 bits per heavy atom. The van der Waals surface area contributed by atoms with Crippen molar-refractivity contribution in [2.24, 2.45) is 5.73 Å². The van der Waals surface area contributed by atoms with E-state index in [-0.39, 0.29) is 63.7 Å². The van der Waals surface area contributed by atoms with E-state index in [2.05, 4.69) is 48.1 Å². The minimum atomic E-state index is -0.957. The predicted octanol–water partition coefficient (Wildman–Crippen LogP) is 12.0. The Morgan fingerprint density at radius 2 is 0.953 bits per heavy atom. The van der Waals surface area contributed by atoms with Crippen molar-refractivity contribution in [2.45, 2.75) is 238 Å². The number of ketones is 1. The van der Waals surface area contributed by atoms with Gasteiger partial charge < -0.3 is 29.7 Å². The third-order valence-electron chi connectivity index (χ3n) is 11.2. The number of carbonyl (C=O) groups is 5. The summed E-state index contributed by atoms with van der Waals surface area (Å²) in [4.78, 5) is 69.3. The van der Waals surface area contributed by atoms with E-state index >= 15 is 0 Å². The maximum Gasteiger partial charge on any atom is 0.306 e. The van der Waals surface area contributed by atoms with E-state index < -0.39 is 30.1 Å². The summed E-state index contributed by atoms with van der Waals surface area (Å²) >= 11 is 0. The molecule has 1 aromatic rings. The Balaban J connectivity index is 2.37. The van der Waals surface area contributed by atoms with Crippen LogP contribution in [0.3, 0.4) is 0 Å². The number of imidazole rings is 1. The average Bonchev–Trinajstić information content (AvgIpc) is 3.81. The van der Waals surface area contributed by atoms with Gasteiger partial charge >= 0.3 is 23.9 Å². The zero-order chi connectivity index (χ0) is 46.6. The fourth-order valence-electron chi connectivity index (χ4n) is 7.20. The first-order valence-electron chi connectivity index (χ1n) is 25.5. The first kappa shape index (κ1) is 58.2. The highest BCUT2D eigenvalue weighted by Gasteiger charge is 2.20. The second-order valence-electron chi connectivity index (χ2n) is 17.3. The summed E-state index contributed by atoms with van der Waals surface area (Å²) in [6.07, 6.45) is 42.5. The van der Waals surface area contributed by atoms with E-state index in [1.54, 1.807) is 6.20 Å². The minimum Gasteiger partial charge on any atom is -0.466 e. The van der Waals surface area contributed by atoms with Gasteiger partial charge in [-0.05, 0) is 70.6 Å². The summed E-state index contributed by atoms with van der Waals surface area (Å²) < 4.78 is 21.6. The smallest absolute Gasteiger partial charge is 0.306 e. The maximum absolute atomic E-state index is 12.8. The Labute approximate surface area is 387 Å². The fourth-order valence-corrected chi connectivity index (χ4v) is 7.20. The van der Waals surface area contributed by atoms with Gasteiger partial charge in [-0.15, -0.1) is 0 Å². The highest BCUT2D eigenvalue weighted by atomic mass is 16.6. The number of allylic oxidation sites excluding steroid dienone is 4. The molecule has 0 aromatic carbocycles. The molecule has 12 nitrogen and oxygen atoms in total. The number of aromatic amines is 1. The molecule has 0 aliphatic carbocycles. The largest absolute Gasteiger partial charge is 0.466 e. The summed E-state index contributed by atoms with van der Waals surface area (Å²) in [6, 6.07) is -0.679. The predicted molar refractivity (Wildman–Crippen MR) is 255 cm³/mol. The van der Waals surface area contributed by atoms with E-state index in [4.69, 9.17) is 24.7 Å². The molecular weight excluding hydrogens is 811 g/mol. The molecule has 2 atom stereocenters. The second kappa shape index (κ2) is 43.1. The Hall–Kier alpha value is -3.80. The van der Waals surface area contributed by atoms with Gasteiger partial charge in [0, 0.05) is 37.6 Å². The quantitative estimate of drug-likeness (QED) is 0.0275. The number of hydrogen-bond acceptors (Lipinski definition) is 11. The van der Waals surface area contributed by atoms with E-state index in [0.717, 1.165) is 76.3 Å². The van der Waals surface area contributed by atoms with Crippen molar-refractivity contribution in [1.29, 1.82) is 0 Å². The molecule has 0 bridgehead atoms. The van der Waals surface area contributed by atoms with Crippen LogP contribution in [0.25, 0.3) is 0 Å². The van der Waals surface area contributed by atoms with Crippen molar-refractivity contribution in [3.63, 3.8) is 0 Å². The summed E-state index contributed by atoms with van der Waals surface area (Å²) in [5.74, 6) is -2.23. The van der Waals surface area contributed by atoms with Gasteiger partial charge in [0.25, 0.3) is 0 Å². The van der Waals surface area contributed by atoms with Gasteiger partial charge in [0.15, 0.2) is 6.10 Å². The lowest BCUT2D eigenvalue weighted by Gasteiger charge is -2.18. The van der Waals surface area contributed by atoms with Crippen LogP contribution in [0.5, 0.6) is 0 Å². The first-order chi connectivity index (χ1) is 31.2. The number of esters is 4. The molecule has 3 N–H and O–H groups in total. The Bertz CT molecular complexity index is 1360. The highest BCUT2D eigenvalue weighted by molar-refractivity contribution is 5.84. The maximum atomic E-state index is 12.8.